The molecule has 3 N–H and O–H groups in total. The summed E-state index contributed by atoms with van der Waals surface area (Å²) >= 11 is 0. The smallest absolute Gasteiger partial charge is 0.410 e. The summed E-state index contributed by atoms with van der Waals surface area (Å²) in [5.74, 6) is 1.09. The van der Waals surface area contributed by atoms with Crippen molar-refractivity contribution in [3.05, 3.63) is 0 Å². The fraction of sp³-hybridized carbons (Fsp3) is 0.944. The Kier molecular flexibility index (Phi) is 7.33. The van der Waals surface area contributed by atoms with Gasteiger partial charge in [0.05, 0.1) is 0 Å². The number of carbonyl (C=O) groups is 1. The molecule has 0 aromatic carbocycles. The number of likely N-dealkylation sites (tertiary alicyclic amines) is 1. The van der Waals surface area contributed by atoms with E-state index in [1.807, 2.05) is 25.7 Å². The third kappa shape index (κ3) is 7.08. The molecule has 5 nitrogen and oxygen atoms in total. The molecule has 1 aliphatic heterocycles. The Labute approximate surface area is 142 Å². The molecule has 23 heavy (non-hydrogen) atoms. The second-order valence-corrected chi connectivity index (χ2v) is 8.69. The fourth-order valence-corrected chi connectivity index (χ4v) is 3.09. The molecule has 0 aliphatic carbocycles. The predicted molar refractivity (Wildman–Crippen MR) is 95.4 cm³/mol. The molecule has 2 unspecified atom stereocenters. The minimum Gasteiger partial charge on any atom is -0.444 e. The Hall–Kier alpha value is -0.810. The lowest BCUT2D eigenvalue weighted by Crippen LogP contribution is -2.50. The van der Waals surface area contributed by atoms with Crippen LogP contribution in [0.3, 0.4) is 0 Å². The van der Waals surface area contributed by atoms with Crippen molar-refractivity contribution in [2.45, 2.75) is 60.0 Å². The van der Waals surface area contributed by atoms with Gasteiger partial charge in [-0.2, -0.15) is 0 Å². The minimum absolute atomic E-state index is 0.102. The first-order valence-electron chi connectivity index (χ1n) is 8.95. The summed E-state index contributed by atoms with van der Waals surface area (Å²) in [5, 5.41) is 3.58. The van der Waals surface area contributed by atoms with E-state index < -0.39 is 5.60 Å². The number of nitrogens with two attached hydrogens (primary N) is 1. The van der Waals surface area contributed by atoms with Gasteiger partial charge in [-0.25, -0.2) is 4.79 Å². The summed E-state index contributed by atoms with van der Waals surface area (Å²) in [7, 11) is 0. The van der Waals surface area contributed by atoms with Crippen LogP contribution in [0.2, 0.25) is 0 Å². The monoisotopic (exact) mass is 327 g/mol. The van der Waals surface area contributed by atoms with Gasteiger partial charge in [0, 0.05) is 19.6 Å². The van der Waals surface area contributed by atoms with Gasteiger partial charge in [0.15, 0.2) is 0 Å². The molecule has 1 aliphatic rings. The molecule has 0 bridgehead atoms. The van der Waals surface area contributed by atoms with Crippen molar-refractivity contribution in [2.75, 3.05) is 32.7 Å². The van der Waals surface area contributed by atoms with Gasteiger partial charge in [-0.05, 0) is 64.0 Å². The van der Waals surface area contributed by atoms with Crippen molar-refractivity contribution in [3.8, 4) is 0 Å². The summed E-state index contributed by atoms with van der Waals surface area (Å²) in [4.78, 5) is 14.1. The van der Waals surface area contributed by atoms with Crippen LogP contribution in [0.4, 0.5) is 4.79 Å². The molecule has 0 aromatic heterocycles. The van der Waals surface area contributed by atoms with E-state index in [2.05, 4.69) is 26.1 Å². The highest BCUT2D eigenvalue weighted by molar-refractivity contribution is 5.68. The number of nitrogens with zero attached hydrogens (tertiary/aromatic N) is 1. The van der Waals surface area contributed by atoms with E-state index in [-0.39, 0.29) is 11.5 Å². The Balaban J connectivity index is 2.50. The average Bonchev–Trinajstić information content (AvgIpc) is 2.41. The third-order valence-corrected chi connectivity index (χ3v) is 4.64. The highest BCUT2D eigenvalue weighted by Crippen LogP contribution is 2.29. The molecule has 0 spiro atoms. The molecular formula is C18H37N3O2. The lowest BCUT2D eigenvalue weighted by molar-refractivity contribution is 0.00667. The fourth-order valence-electron chi connectivity index (χ4n) is 3.09. The maximum Gasteiger partial charge on any atom is 0.410 e. The van der Waals surface area contributed by atoms with E-state index in [0.717, 1.165) is 39.0 Å². The zero-order valence-electron chi connectivity index (χ0n) is 15.9. The maximum absolute atomic E-state index is 12.3. The first kappa shape index (κ1) is 20.2. The predicted octanol–water partition coefficient (Wildman–Crippen LogP) is 2.84. The van der Waals surface area contributed by atoms with E-state index >= 15 is 0 Å². The Bertz CT molecular complexity index is 379. The Morgan fingerprint density at radius 1 is 1.39 bits per heavy atom. The first-order valence-corrected chi connectivity index (χ1v) is 8.95. The topological polar surface area (TPSA) is 67.6 Å². The highest BCUT2D eigenvalue weighted by Gasteiger charge is 2.34. The van der Waals surface area contributed by atoms with Crippen LogP contribution in [0.15, 0.2) is 0 Å². The molecule has 1 heterocycles. The second kappa shape index (κ2) is 8.34. The largest absolute Gasteiger partial charge is 0.444 e. The quantitative estimate of drug-likeness (QED) is 0.787. The van der Waals surface area contributed by atoms with Crippen LogP contribution < -0.4 is 11.1 Å². The molecule has 1 fully saturated rings. The van der Waals surface area contributed by atoms with E-state index in [1.54, 1.807) is 0 Å². The first-order chi connectivity index (χ1) is 10.6. The second-order valence-electron chi connectivity index (χ2n) is 8.69. The Morgan fingerprint density at radius 3 is 2.57 bits per heavy atom. The third-order valence-electron chi connectivity index (χ3n) is 4.64. The van der Waals surface area contributed by atoms with Crippen molar-refractivity contribution in [1.29, 1.82) is 0 Å². The normalized spacial score (nSPS) is 23.9. The van der Waals surface area contributed by atoms with Crippen LogP contribution in [0.1, 0.15) is 54.4 Å². The minimum atomic E-state index is -0.436. The highest BCUT2D eigenvalue weighted by atomic mass is 16.6. The lowest BCUT2D eigenvalue weighted by atomic mass is 9.81. The van der Waals surface area contributed by atoms with Gasteiger partial charge in [0.2, 0.25) is 0 Å². The molecular weight excluding hydrogens is 290 g/mol. The molecule has 1 saturated heterocycles. The van der Waals surface area contributed by atoms with Crippen molar-refractivity contribution < 1.29 is 9.53 Å². The van der Waals surface area contributed by atoms with Crippen molar-refractivity contribution in [1.82, 2.24) is 10.2 Å². The van der Waals surface area contributed by atoms with Gasteiger partial charge in [0.25, 0.3) is 0 Å². The van der Waals surface area contributed by atoms with Gasteiger partial charge < -0.3 is 20.7 Å². The van der Waals surface area contributed by atoms with Crippen molar-refractivity contribution in [2.24, 2.45) is 23.0 Å². The van der Waals surface area contributed by atoms with Crippen LogP contribution in [-0.4, -0.2) is 49.3 Å². The summed E-state index contributed by atoms with van der Waals surface area (Å²) in [6.07, 6.45) is 1.97. The molecule has 0 saturated carbocycles. The Morgan fingerprint density at radius 2 is 2.04 bits per heavy atom. The van der Waals surface area contributed by atoms with Crippen LogP contribution in [0, 0.1) is 17.3 Å². The number of ether oxygens (including phenoxy) is 1. The summed E-state index contributed by atoms with van der Waals surface area (Å²) in [5.41, 5.74) is 5.50. The van der Waals surface area contributed by atoms with E-state index in [4.69, 9.17) is 10.5 Å². The van der Waals surface area contributed by atoms with Crippen LogP contribution >= 0.6 is 0 Å². The average molecular weight is 328 g/mol. The van der Waals surface area contributed by atoms with Gasteiger partial charge in [0.1, 0.15) is 5.60 Å². The van der Waals surface area contributed by atoms with Crippen molar-refractivity contribution in [3.63, 3.8) is 0 Å². The van der Waals surface area contributed by atoms with Gasteiger partial charge in [-0.1, -0.05) is 20.8 Å². The zero-order chi connectivity index (χ0) is 17.7. The molecule has 1 rings (SSSR count). The van der Waals surface area contributed by atoms with Crippen LogP contribution in [0.5, 0.6) is 0 Å². The lowest BCUT2D eigenvalue weighted by Gasteiger charge is -2.41. The standard InChI is InChI=1S/C18H37N3O2/c1-14(2)15(10-19)11-20-12-18(6)8-7-9-21(13-18)16(22)23-17(3,4)5/h14-15,20H,7-13,19H2,1-6H3. The number of carbonyl (C=O) groups excluding carboxylic acids is 1. The molecule has 1 amide bonds. The zero-order valence-corrected chi connectivity index (χ0v) is 15.9. The summed E-state index contributed by atoms with van der Waals surface area (Å²) in [6, 6.07) is 0. The van der Waals surface area contributed by atoms with E-state index in [0.29, 0.717) is 18.4 Å². The number of nitrogens with one attached hydrogen (secondary N) is 1. The molecule has 0 radical (unpaired) electrons. The van der Waals surface area contributed by atoms with Crippen molar-refractivity contribution >= 4 is 6.09 Å². The van der Waals surface area contributed by atoms with E-state index in [1.165, 1.54) is 0 Å². The number of piperidine rings is 1. The van der Waals surface area contributed by atoms with Crippen LogP contribution in [-0.2, 0) is 4.74 Å². The summed E-state index contributed by atoms with van der Waals surface area (Å²) < 4.78 is 5.51. The SMILES string of the molecule is CC(C)C(CN)CNCC1(C)CCCN(C(=O)OC(C)(C)C)C1. The number of hydrogen-bond donors (Lipinski definition) is 2. The van der Waals surface area contributed by atoms with E-state index in [9.17, 15) is 4.79 Å². The molecule has 5 heteroatoms. The number of rotatable bonds is 6. The maximum atomic E-state index is 12.3. The molecule has 2 atom stereocenters. The molecule has 0 aromatic rings. The van der Waals surface area contributed by atoms with Gasteiger partial charge >= 0.3 is 6.09 Å². The van der Waals surface area contributed by atoms with Gasteiger partial charge in [-0.3, -0.25) is 0 Å². The number of amides is 1. The number of hydrogen-bond acceptors (Lipinski definition) is 4. The van der Waals surface area contributed by atoms with Crippen LogP contribution in [0.25, 0.3) is 0 Å². The van der Waals surface area contributed by atoms with Gasteiger partial charge in [-0.15, -0.1) is 0 Å². The molecule has 136 valence electrons. The summed E-state index contributed by atoms with van der Waals surface area (Å²) in [6.45, 7) is 16.5.